The molecule has 0 radical (unpaired) electrons. The monoisotopic (exact) mass is 128 g/mol. The minimum Gasteiger partial charge on any atom is -0.390 e. The molecule has 0 amide bonds. The third-order valence-corrected chi connectivity index (χ3v) is 2.24. The van der Waals surface area contributed by atoms with Gasteiger partial charge in [0, 0.05) is 0 Å². The van der Waals surface area contributed by atoms with E-state index >= 15 is 0 Å². The van der Waals surface area contributed by atoms with E-state index in [-0.39, 0.29) is 12.2 Å². The summed E-state index contributed by atoms with van der Waals surface area (Å²) in [5.41, 5.74) is 0. The molecule has 1 saturated carbocycles. The molecule has 9 heavy (non-hydrogen) atoms. The number of hydrogen-bond acceptors (Lipinski definition) is 2. The first-order valence-corrected chi connectivity index (χ1v) is 3.71. The highest BCUT2D eigenvalue weighted by Gasteiger charge is 2.44. The van der Waals surface area contributed by atoms with Crippen molar-refractivity contribution in [1.82, 2.24) is 0 Å². The predicted molar refractivity (Wildman–Crippen MR) is 33.1 cm³/mol. The van der Waals surface area contributed by atoms with Crippen LogP contribution in [0.25, 0.3) is 0 Å². The lowest BCUT2D eigenvalue weighted by molar-refractivity contribution is 0.122. The second-order valence-corrected chi connectivity index (χ2v) is 2.99. The molecule has 1 saturated heterocycles. The van der Waals surface area contributed by atoms with E-state index in [0.29, 0.717) is 6.10 Å². The standard InChI is InChI=1S/C7H12O2/c8-5-3-1-2-4-6-7(5)9-6/h5-8H,1-4H2/t5-,6?,7?/m1/s1. The number of aliphatic hydroxyl groups excluding tert-OH is 1. The number of aliphatic hydroxyl groups is 1. The Balaban J connectivity index is 1.96. The molecule has 0 aromatic rings. The molecule has 1 N–H and O–H groups in total. The van der Waals surface area contributed by atoms with E-state index in [1.165, 1.54) is 19.3 Å². The van der Waals surface area contributed by atoms with Crippen LogP contribution in [0, 0.1) is 0 Å². The van der Waals surface area contributed by atoms with Gasteiger partial charge in [0.15, 0.2) is 0 Å². The average Bonchev–Trinajstić information content (AvgIpc) is 2.55. The lowest BCUT2D eigenvalue weighted by atomic mass is 10.2. The minimum absolute atomic E-state index is 0.155. The molecule has 2 nitrogen and oxygen atoms in total. The van der Waals surface area contributed by atoms with Crippen molar-refractivity contribution in [2.75, 3.05) is 0 Å². The highest BCUT2D eigenvalue weighted by Crippen LogP contribution is 2.34. The van der Waals surface area contributed by atoms with Crippen molar-refractivity contribution in [3.8, 4) is 0 Å². The third kappa shape index (κ3) is 0.970. The van der Waals surface area contributed by atoms with Crippen molar-refractivity contribution < 1.29 is 9.84 Å². The predicted octanol–water partition coefficient (Wildman–Crippen LogP) is 0.689. The molecule has 0 spiro atoms. The molecule has 3 atom stereocenters. The molecule has 2 aliphatic rings. The smallest absolute Gasteiger partial charge is 0.110 e. The van der Waals surface area contributed by atoms with Gasteiger partial charge in [-0.15, -0.1) is 0 Å². The summed E-state index contributed by atoms with van der Waals surface area (Å²) in [6.45, 7) is 0. The molecule has 0 aromatic heterocycles. The van der Waals surface area contributed by atoms with Crippen molar-refractivity contribution in [2.24, 2.45) is 0 Å². The highest BCUT2D eigenvalue weighted by molar-refractivity contribution is 4.92. The summed E-state index contributed by atoms with van der Waals surface area (Å²) in [6, 6.07) is 0. The van der Waals surface area contributed by atoms with Gasteiger partial charge >= 0.3 is 0 Å². The second-order valence-electron chi connectivity index (χ2n) is 2.99. The van der Waals surface area contributed by atoms with Crippen molar-refractivity contribution in [2.45, 2.75) is 44.0 Å². The van der Waals surface area contributed by atoms with E-state index in [1.807, 2.05) is 0 Å². The van der Waals surface area contributed by atoms with Crippen LogP contribution in [0.5, 0.6) is 0 Å². The Morgan fingerprint density at radius 1 is 1.22 bits per heavy atom. The van der Waals surface area contributed by atoms with Crippen LogP contribution in [-0.4, -0.2) is 23.4 Å². The summed E-state index contributed by atoms with van der Waals surface area (Å²) in [5, 5.41) is 9.27. The maximum Gasteiger partial charge on any atom is 0.110 e. The molecular formula is C7H12O2. The van der Waals surface area contributed by atoms with Crippen LogP contribution >= 0.6 is 0 Å². The van der Waals surface area contributed by atoms with Gasteiger partial charge in [0.25, 0.3) is 0 Å². The van der Waals surface area contributed by atoms with Crippen LogP contribution in [0.15, 0.2) is 0 Å². The average molecular weight is 128 g/mol. The Bertz CT molecular complexity index is 113. The molecule has 0 aromatic carbocycles. The van der Waals surface area contributed by atoms with Gasteiger partial charge in [-0.2, -0.15) is 0 Å². The normalized spacial score (nSPS) is 49.7. The largest absolute Gasteiger partial charge is 0.390 e. The summed E-state index contributed by atoms with van der Waals surface area (Å²) >= 11 is 0. The lowest BCUT2D eigenvalue weighted by Gasteiger charge is -2.02. The van der Waals surface area contributed by atoms with Gasteiger partial charge < -0.3 is 9.84 Å². The number of rotatable bonds is 0. The summed E-state index contributed by atoms with van der Waals surface area (Å²) in [4.78, 5) is 0. The summed E-state index contributed by atoms with van der Waals surface area (Å²) in [6.07, 6.45) is 5.01. The summed E-state index contributed by atoms with van der Waals surface area (Å²) in [7, 11) is 0. The van der Waals surface area contributed by atoms with Crippen molar-refractivity contribution in [3.63, 3.8) is 0 Å². The first-order valence-electron chi connectivity index (χ1n) is 3.71. The fraction of sp³-hybridized carbons (Fsp3) is 1.00. The second kappa shape index (κ2) is 1.96. The molecule has 2 rings (SSSR count). The van der Waals surface area contributed by atoms with Gasteiger partial charge in [0.2, 0.25) is 0 Å². The SMILES string of the molecule is O[C@@H]1CCCCC2OC21. The maximum atomic E-state index is 9.27. The Morgan fingerprint density at radius 3 is 2.89 bits per heavy atom. The van der Waals surface area contributed by atoms with Gasteiger partial charge in [0.05, 0.1) is 12.2 Å². The lowest BCUT2D eigenvalue weighted by Crippen LogP contribution is -2.14. The molecule has 1 aliphatic heterocycles. The first-order chi connectivity index (χ1) is 4.38. The minimum atomic E-state index is -0.155. The zero-order valence-electron chi connectivity index (χ0n) is 5.42. The van der Waals surface area contributed by atoms with E-state index in [2.05, 4.69) is 0 Å². The van der Waals surface area contributed by atoms with Gasteiger partial charge in [-0.3, -0.25) is 0 Å². The number of hydrogen-bond donors (Lipinski definition) is 1. The van der Waals surface area contributed by atoms with Crippen molar-refractivity contribution in [1.29, 1.82) is 0 Å². The molecule has 1 heterocycles. The van der Waals surface area contributed by atoms with E-state index < -0.39 is 0 Å². The van der Waals surface area contributed by atoms with E-state index in [9.17, 15) is 5.11 Å². The van der Waals surface area contributed by atoms with Crippen molar-refractivity contribution >= 4 is 0 Å². The van der Waals surface area contributed by atoms with Crippen LogP contribution in [-0.2, 0) is 4.74 Å². The molecule has 1 aliphatic carbocycles. The molecule has 2 fully saturated rings. The Hall–Kier alpha value is -0.0800. The van der Waals surface area contributed by atoms with Crippen molar-refractivity contribution in [3.05, 3.63) is 0 Å². The van der Waals surface area contributed by atoms with Crippen LogP contribution in [0.1, 0.15) is 25.7 Å². The Morgan fingerprint density at radius 2 is 2.00 bits per heavy atom. The van der Waals surface area contributed by atoms with Gasteiger partial charge in [-0.1, -0.05) is 12.8 Å². The molecule has 52 valence electrons. The van der Waals surface area contributed by atoms with Crippen LogP contribution in [0.4, 0.5) is 0 Å². The number of fused-ring (bicyclic) bond motifs is 1. The fourth-order valence-corrected chi connectivity index (χ4v) is 1.59. The first kappa shape index (κ1) is 5.69. The topological polar surface area (TPSA) is 32.8 Å². The van der Waals surface area contributed by atoms with Gasteiger partial charge in [0.1, 0.15) is 6.10 Å². The maximum absolute atomic E-state index is 9.27. The van der Waals surface area contributed by atoms with E-state index in [1.54, 1.807) is 0 Å². The fourth-order valence-electron chi connectivity index (χ4n) is 1.59. The van der Waals surface area contributed by atoms with Gasteiger partial charge in [-0.25, -0.2) is 0 Å². The number of ether oxygens (including phenoxy) is 1. The van der Waals surface area contributed by atoms with E-state index in [0.717, 1.165) is 6.42 Å². The van der Waals surface area contributed by atoms with Crippen LogP contribution in [0.3, 0.4) is 0 Å². The highest BCUT2D eigenvalue weighted by atomic mass is 16.6. The zero-order chi connectivity index (χ0) is 6.27. The summed E-state index contributed by atoms with van der Waals surface area (Å²) in [5.74, 6) is 0. The van der Waals surface area contributed by atoms with E-state index in [4.69, 9.17) is 4.74 Å². The van der Waals surface area contributed by atoms with Crippen LogP contribution < -0.4 is 0 Å². The Labute approximate surface area is 54.8 Å². The zero-order valence-corrected chi connectivity index (χ0v) is 5.42. The third-order valence-electron chi connectivity index (χ3n) is 2.24. The quantitative estimate of drug-likeness (QED) is 0.487. The molecule has 2 heteroatoms. The molecule has 2 unspecified atom stereocenters. The summed E-state index contributed by atoms with van der Waals surface area (Å²) < 4.78 is 5.22. The molecular weight excluding hydrogens is 116 g/mol. The molecule has 0 bridgehead atoms. The van der Waals surface area contributed by atoms with Gasteiger partial charge in [-0.05, 0) is 12.8 Å². The van der Waals surface area contributed by atoms with Crippen LogP contribution in [0.2, 0.25) is 0 Å². The number of epoxide rings is 1. The Kier molecular flexibility index (Phi) is 1.24.